The Morgan fingerprint density at radius 3 is 2.64 bits per heavy atom. The van der Waals surface area contributed by atoms with Gasteiger partial charge in [-0.1, -0.05) is 0 Å². The van der Waals surface area contributed by atoms with E-state index in [0.29, 0.717) is 12.5 Å². The van der Waals surface area contributed by atoms with Gasteiger partial charge in [0.1, 0.15) is 11.6 Å². The molecule has 1 unspecified atom stereocenters. The van der Waals surface area contributed by atoms with Crippen LogP contribution in [0.3, 0.4) is 0 Å². The number of hydrogen-bond acceptors (Lipinski definition) is 7. The van der Waals surface area contributed by atoms with E-state index in [-0.39, 0.29) is 11.9 Å². The average molecular weight is 342 g/mol. The highest BCUT2D eigenvalue weighted by molar-refractivity contribution is 5.72. The molecule has 0 bridgehead atoms. The van der Waals surface area contributed by atoms with E-state index >= 15 is 0 Å². The van der Waals surface area contributed by atoms with Crippen molar-refractivity contribution in [2.45, 2.75) is 38.1 Å². The van der Waals surface area contributed by atoms with Gasteiger partial charge in [0.15, 0.2) is 0 Å². The van der Waals surface area contributed by atoms with Crippen molar-refractivity contribution < 1.29 is 9.53 Å². The van der Waals surface area contributed by atoms with E-state index in [9.17, 15) is 4.79 Å². The highest BCUT2D eigenvalue weighted by Gasteiger charge is 2.32. The zero-order valence-corrected chi connectivity index (χ0v) is 14.3. The Kier molecular flexibility index (Phi) is 4.33. The minimum atomic E-state index is -0.138. The molecule has 2 aromatic rings. The summed E-state index contributed by atoms with van der Waals surface area (Å²) in [6.07, 6.45) is 7.09. The monoisotopic (exact) mass is 342 g/mol. The summed E-state index contributed by atoms with van der Waals surface area (Å²) in [6, 6.07) is 1.83. The quantitative estimate of drug-likeness (QED) is 0.774. The molecule has 0 aliphatic carbocycles. The minimum absolute atomic E-state index is 0.0925. The zero-order valence-electron chi connectivity index (χ0n) is 14.3. The largest absolute Gasteiger partial charge is 0.469 e. The first-order chi connectivity index (χ1) is 12.3. The molecule has 0 saturated carbocycles. The van der Waals surface area contributed by atoms with Crippen molar-refractivity contribution in [3.63, 3.8) is 0 Å². The van der Waals surface area contributed by atoms with Crippen LogP contribution < -0.4 is 4.90 Å². The fourth-order valence-corrected chi connectivity index (χ4v) is 3.80. The Hall–Kier alpha value is -2.51. The summed E-state index contributed by atoms with van der Waals surface area (Å²) >= 11 is 0. The maximum Gasteiger partial charge on any atom is 0.310 e. The van der Waals surface area contributed by atoms with E-state index in [2.05, 4.69) is 29.6 Å². The number of nitrogens with zero attached hydrogens (tertiary/aromatic N) is 6. The van der Waals surface area contributed by atoms with Crippen LogP contribution in [0.4, 0.5) is 5.95 Å². The van der Waals surface area contributed by atoms with Gasteiger partial charge < -0.3 is 14.2 Å². The third kappa shape index (κ3) is 3.08. The molecule has 8 nitrogen and oxygen atoms in total. The molecule has 0 spiro atoms. The number of carbonyl (C=O) groups is 1. The summed E-state index contributed by atoms with van der Waals surface area (Å²) < 4.78 is 7.06. The number of hydrogen-bond donors (Lipinski definition) is 0. The molecule has 25 heavy (non-hydrogen) atoms. The van der Waals surface area contributed by atoms with Gasteiger partial charge >= 0.3 is 5.97 Å². The van der Waals surface area contributed by atoms with Crippen LogP contribution in [0.5, 0.6) is 0 Å². The molecule has 1 saturated heterocycles. The topological polar surface area (TPSA) is 86.0 Å². The molecule has 0 radical (unpaired) electrons. The van der Waals surface area contributed by atoms with Gasteiger partial charge in [-0.15, -0.1) is 10.2 Å². The molecule has 8 heteroatoms. The second-order valence-corrected chi connectivity index (χ2v) is 6.65. The first kappa shape index (κ1) is 16.0. The number of esters is 1. The van der Waals surface area contributed by atoms with Gasteiger partial charge in [-0.25, -0.2) is 9.97 Å². The number of anilines is 1. The summed E-state index contributed by atoms with van der Waals surface area (Å²) in [5.74, 6) is 2.92. The second-order valence-electron chi connectivity index (χ2n) is 6.65. The van der Waals surface area contributed by atoms with E-state index in [4.69, 9.17) is 4.74 Å². The molecule has 0 amide bonds. The lowest BCUT2D eigenvalue weighted by Gasteiger charge is -2.32. The molecule has 2 aliphatic heterocycles. The van der Waals surface area contributed by atoms with Gasteiger partial charge in [0.2, 0.25) is 5.95 Å². The number of aryl methyl sites for hydroxylation is 1. The van der Waals surface area contributed by atoms with Crippen LogP contribution in [0, 0.1) is 5.92 Å². The van der Waals surface area contributed by atoms with Crippen molar-refractivity contribution in [1.29, 1.82) is 0 Å². The lowest BCUT2D eigenvalue weighted by molar-refractivity contribution is -0.146. The molecule has 1 fully saturated rings. The number of fused-ring (bicyclic) bond motifs is 1. The molecule has 132 valence electrons. The molecule has 0 N–H and O–H groups in total. The molecular weight excluding hydrogens is 320 g/mol. The number of rotatable bonds is 3. The van der Waals surface area contributed by atoms with E-state index in [1.807, 2.05) is 6.07 Å². The van der Waals surface area contributed by atoms with Crippen LogP contribution >= 0.6 is 0 Å². The van der Waals surface area contributed by atoms with Crippen molar-refractivity contribution >= 4 is 11.9 Å². The van der Waals surface area contributed by atoms with Crippen LogP contribution in [-0.2, 0) is 22.5 Å². The van der Waals surface area contributed by atoms with E-state index < -0.39 is 0 Å². The summed E-state index contributed by atoms with van der Waals surface area (Å²) in [4.78, 5) is 22.8. The lowest BCUT2D eigenvalue weighted by Crippen LogP contribution is -2.35. The standard InChI is InChI=1S/C17H22N6O2/c1-25-16(24)13-3-4-14-20-21-15(23(14)11-13)12-5-9-22(10-6-12)17-18-7-2-8-19-17/h2,7-8,12-13H,3-6,9-11H2,1H3. The maximum absolute atomic E-state index is 11.9. The first-order valence-electron chi connectivity index (χ1n) is 8.78. The smallest absolute Gasteiger partial charge is 0.310 e. The molecule has 2 aliphatic rings. The van der Waals surface area contributed by atoms with Crippen LogP contribution in [0.2, 0.25) is 0 Å². The highest BCUT2D eigenvalue weighted by Crippen LogP contribution is 2.31. The lowest BCUT2D eigenvalue weighted by atomic mass is 9.94. The van der Waals surface area contributed by atoms with E-state index in [1.165, 1.54) is 7.11 Å². The maximum atomic E-state index is 11.9. The molecule has 0 aromatic carbocycles. The predicted octanol–water partition coefficient (Wildman–Crippen LogP) is 1.19. The number of methoxy groups -OCH3 is 1. The second kappa shape index (κ2) is 6.78. The first-order valence-corrected chi connectivity index (χ1v) is 8.78. The Balaban J connectivity index is 1.46. The fraction of sp³-hybridized carbons (Fsp3) is 0.588. The number of ether oxygens (including phenoxy) is 1. The molecule has 4 rings (SSSR count). The third-order valence-electron chi connectivity index (χ3n) is 5.20. The average Bonchev–Trinajstić information content (AvgIpc) is 3.11. The number of carbonyl (C=O) groups excluding carboxylic acids is 1. The van der Waals surface area contributed by atoms with Crippen molar-refractivity contribution in [2.75, 3.05) is 25.1 Å². The van der Waals surface area contributed by atoms with Crippen molar-refractivity contribution in [3.05, 3.63) is 30.1 Å². The number of aromatic nitrogens is 5. The summed E-state index contributed by atoms with van der Waals surface area (Å²) in [5, 5.41) is 8.80. The van der Waals surface area contributed by atoms with Crippen molar-refractivity contribution in [2.24, 2.45) is 5.92 Å². The van der Waals surface area contributed by atoms with Gasteiger partial charge in [-0.3, -0.25) is 4.79 Å². The van der Waals surface area contributed by atoms with Gasteiger partial charge in [-0.2, -0.15) is 0 Å². The SMILES string of the molecule is COC(=O)C1CCc2nnc(C3CCN(c4ncccn4)CC3)n2C1. The van der Waals surface area contributed by atoms with Gasteiger partial charge in [0, 0.05) is 44.4 Å². The summed E-state index contributed by atoms with van der Waals surface area (Å²) in [6.45, 7) is 2.43. The highest BCUT2D eigenvalue weighted by atomic mass is 16.5. The van der Waals surface area contributed by atoms with Crippen LogP contribution in [-0.4, -0.2) is 50.9 Å². The van der Waals surface area contributed by atoms with Gasteiger partial charge in [-0.05, 0) is 25.3 Å². The van der Waals surface area contributed by atoms with Gasteiger partial charge in [0.05, 0.1) is 13.0 Å². The van der Waals surface area contributed by atoms with E-state index in [1.54, 1.807) is 12.4 Å². The van der Waals surface area contributed by atoms with E-state index in [0.717, 1.165) is 56.4 Å². The predicted molar refractivity (Wildman–Crippen MR) is 90.1 cm³/mol. The van der Waals surface area contributed by atoms with Crippen molar-refractivity contribution in [3.8, 4) is 0 Å². The molecule has 2 aromatic heterocycles. The molecular formula is C17H22N6O2. The van der Waals surface area contributed by atoms with Gasteiger partial charge in [0.25, 0.3) is 0 Å². The Morgan fingerprint density at radius 1 is 1.16 bits per heavy atom. The van der Waals surface area contributed by atoms with Crippen molar-refractivity contribution in [1.82, 2.24) is 24.7 Å². The molecule has 4 heterocycles. The zero-order chi connectivity index (χ0) is 17.2. The number of piperidine rings is 1. The Morgan fingerprint density at radius 2 is 1.92 bits per heavy atom. The Labute approximate surface area is 146 Å². The normalized spacial score (nSPS) is 21.0. The third-order valence-corrected chi connectivity index (χ3v) is 5.20. The fourth-order valence-electron chi connectivity index (χ4n) is 3.80. The molecule has 1 atom stereocenters. The summed E-state index contributed by atoms with van der Waals surface area (Å²) in [7, 11) is 1.45. The van der Waals surface area contributed by atoms with Crippen LogP contribution in [0.25, 0.3) is 0 Å². The van der Waals surface area contributed by atoms with Crippen LogP contribution in [0.1, 0.15) is 36.8 Å². The van der Waals surface area contributed by atoms with Crippen LogP contribution in [0.15, 0.2) is 18.5 Å². The summed E-state index contributed by atoms with van der Waals surface area (Å²) in [5.41, 5.74) is 0. The minimum Gasteiger partial charge on any atom is -0.469 e. The Bertz CT molecular complexity index is 739.